The van der Waals surface area contributed by atoms with E-state index in [4.69, 9.17) is 33.0 Å². The molecule has 1 rings (SSSR count). The number of halogens is 2. The minimum atomic E-state index is -1.18. The molecule has 1 atom stereocenters. The first-order chi connectivity index (χ1) is 6.02. The van der Waals surface area contributed by atoms with Gasteiger partial charge in [-0.25, -0.2) is 4.79 Å². The summed E-state index contributed by atoms with van der Waals surface area (Å²) in [5, 5.41) is 8.36. The number of allylic oxidation sites excluding steroid dienone is 2. The summed E-state index contributed by atoms with van der Waals surface area (Å²) in [5.41, 5.74) is 0. The Morgan fingerprint density at radius 3 is 2.77 bits per heavy atom. The van der Waals surface area contributed by atoms with Crippen LogP contribution in [0.25, 0.3) is 0 Å². The lowest BCUT2D eigenvalue weighted by Crippen LogP contribution is -2.33. The minimum absolute atomic E-state index is 0.413. The van der Waals surface area contributed by atoms with Gasteiger partial charge in [0.2, 0.25) is 0 Å². The van der Waals surface area contributed by atoms with Crippen molar-refractivity contribution in [3.05, 3.63) is 24.3 Å². The summed E-state index contributed by atoms with van der Waals surface area (Å²) in [5.74, 6) is -1.05. The van der Waals surface area contributed by atoms with E-state index in [9.17, 15) is 4.79 Å². The van der Waals surface area contributed by atoms with Crippen molar-refractivity contribution in [3.8, 4) is 0 Å². The van der Waals surface area contributed by atoms with Crippen molar-refractivity contribution in [3.63, 3.8) is 0 Å². The zero-order chi connectivity index (χ0) is 9.90. The first-order valence-corrected chi connectivity index (χ1v) is 4.35. The molecule has 13 heavy (non-hydrogen) atoms. The van der Waals surface area contributed by atoms with E-state index in [1.54, 1.807) is 24.3 Å². The molecule has 0 fully saturated rings. The molecule has 0 heterocycles. The van der Waals surface area contributed by atoms with Crippen molar-refractivity contribution in [2.24, 2.45) is 0 Å². The largest absolute Gasteiger partial charge is 0.480 e. The van der Waals surface area contributed by atoms with E-state index in [0.717, 1.165) is 0 Å². The van der Waals surface area contributed by atoms with Crippen LogP contribution in [0.1, 0.15) is 0 Å². The third kappa shape index (κ3) is 3.03. The second kappa shape index (κ2) is 4.13. The van der Waals surface area contributed by atoms with Crippen molar-refractivity contribution in [2.45, 2.75) is 10.4 Å². The number of hydrogen-bond donors (Lipinski definition) is 1. The zero-order valence-electron chi connectivity index (χ0n) is 6.61. The molecule has 0 aliphatic heterocycles. The van der Waals surface area contributed by atoms with Gasteiger partial charge < -0.3 is 9.84 Å². The van der Waals surface area contributed by atoms with Gasteiger partial charge in [0.15, 0.2) is 4.33 Å². The third-order valence-corrected chi connectivity index (χ3v) is 2.16. The standard InChI is InChI=1S/C8H8Cl2O3/c9-8(10)4-2-1-3-6(8)13-5-7(11)12/h1-4,6H,5H2,(H,11,12). The summed E-state index contributed by atoms with van der Waals surface area (Å²) in [4.78, 5) is 10.2. The molecule has 1 aliphatic carbocycles. The highest BCUT2D eigenvalue weighted by molar-refractivity contribution is 6.50. The lowest BCUT2D eigenvalue weighted by atomic mass is 10.1. The molecule has 0 aromatic rings. The van der Waals surface area contributed by atoms with E-state index >= 15 is 0 Å². The molecule has 5 heteroatoms. The van der Waals surface area contributed by atoms with Crippen LogP contribution in [0.4, 0.5) is 0 Å². The Morgan fingerprint density at radius 2 is 2.23 bits per heavy atom. The first-order valence-electron chi connectivity index (χ1n) is 3.59. The van der Waals surface area contributed by atoms with E-state index in [1.165, 1.54) is 0 Å². The van der Waals surface area contributed by atoms with Crippen molar-refractivity contribution in [1.82, 2.24) is 0 Å². The van der Waals surface area contributed by atoms with E-state index in [0.29, 0.717) is 0 Å². The third-order valence-electron chi connectivity index (χ3n) is 1.48. The van der Waals surface area contributed by atoms with Crippen molar-refractivity contribution >= 4 is 29.2 Å². The highest BCUT2D eigenvalue weighted by atomic mass is 35.5. The maximum Gasteiger partial charge on any atom is 0.329 e. The molecule has 1 N–H and O–H groups in total. The van der Waals surface area contributed by atoms with E-state index in [-0.39, 0.29) is 0 Å². The normalized spacial score (nSPS) is 24.6. The van der Waals surface area contributed by atoms with Gasteiger partial charge in [0, 0.05) is 0 Å². The number of ether oxygens (including phenoxy) is 1. The molecule has 0 aromatic carbocycles. The molecule has 0 saturated carbocycles. The molecule has 72 valence electrons. The van der Waals surface area contributed by atoms with Crippen molar-refractivity contribution in [2.75, 3.05) is 6.61 Å². The Hall–Kier alpha value is -0.510. The molecular weight excluding hydrogens is 215 g/mol. The number of carboxylic acids is 1. The Balaban J connectivity index is 2.54. The fourth-order valence-corrected chi connectivity index (χ4v) is 1.32. The average Bonchev–Trinajstić information content (AvgIpc) is 2.01. The molecule has 0 bridgehead atoms. The Kier molecular flexibility index (Phi) is 3.36. The van der Waals surface area contributed by atoms with Crippen LogP contribution < -0.4 is 0 Å². The predicted octanol–water partition coefficient (Wildman–Crippen LogP) is 1.76. The molecule has 0 amide bonds. The summed E-state index contributed by atoms with van der Waals surface area (Å²) < 4.78 is 3.78. The van der Waals surface area contributed by atoms with E-state index < -0.39 is 23.0 Å². The monoisotopic (exact) mass is 222 g/mol. The van der Waals surface area contributed by atoms with Gasteiger partial charge in [-0.3, -0.25) is 0 Å². The predicted molar refractivity (Wildman–Crippen MR) is 50.1 cm³/mol. The zero-order valence-corrected chi connectivity index (χ0v) is 8.13. The first kappa shape index (κ1) is 10.6. The highest BCUT2D eigenvalue weighted by Gasteiger charge is 2.33. The van der Waals surface area contributed by atoms with Crippen LogP contribution in [0.3, 0.4) is 0 Å². The molecule has 0 spiro atoms. The van der Waals surface area contributed by atoms with Gasteiger partial charge in [-0.2, -0.15) is 0 Å². The van der Waals surface area contributed by atoms with Crippen molar-refractivity contribution < 1.29 is 14.6 Å². The van der Waals surface area contributed by atoms with Gasteiger partial charge in [-0.05, 0) is 6.08 Å². The maximum absolute atomic E-state index is 10.2. The molecule has 0 saturated heterocycles. The molecular formula is C8H8Cl2O3. The number of alkyl halides is 2. The Morgan fingerprint density at radius 1 is 1.54 bits per heavy atom. The Bertz CT molecular complexity index is 258. The minimum Gasteiger partial charge on any atom is -0.480 e. The van der Waals surface area contributed by atoms with Crippen LogP contribution in [0.15, 0.2) is 24.3 Å². The number of carboxylic acid groups (broad SMARTS) is 1. The van der Waals surface area contributed by atoms with Gasteiger partial charge >= 0.3 is 5.97 Å². The SMILES string of the molecule is O=C(O)COC1C=CC=CC1(Cl)Cl. The molecule has 3 nitrogen and oxygen atoms in total. The van der Waals surface area contributed by atoms with Gasteiger partial charge in [0.1, 0.15) is 12.7 Å². The fraction of sp³-hybridized carbons (Fsp3) is 0.375. The van der Waals surface area contributed by atoms with Gasteiger partial charge in [-0.1, -0.05) is 41.4 Å². The second-order valence-corrected chi connectivity index (χ2v) is 3.99. The van der Waals surface area contributed by atoms with E-state index in [2.05, 4.69) is 0 Å². The van der Waals surface area contributed by atoms with E-state index in [1.807, 2.05) is 0 Å². The maximum atomic E-state index is 10.2. The smallest absolute Gasteiger partial charge is 0.329 e. The fourth-order valence-electron chi connectivity index (χ4n) is 0.900. The molecule has 0 aromatic heterocycles. The summed E-state index contributed by atoms with van der Waals surface area (Å²) in [6.07, 6.45) is 5.93. The van der Waals surface area contributed by atoms with Crippen LogP contribution in [-0.2, 0) is 9.53 Å². The average molecular weight is 223 g/mol. The summed E-state index contributed by atoms with van der Waals surface area (Å²) >= 11 is 11.7. The van der Waals surface area contributed by atoms with Gasteiger partial charge in [-0.15, -0.1) is 0 Å². The molecule has 1 aliphatic rings. The van der Waals surface area contributed by atoms with Crippen molar-refractivity contribution in [1.29, 1.82) is 0 Å². The number of hydrogen-bond acceptors (Lipinski definition) is 2. The number of rotatable bonds is 3. The lowest BCUT2D eigenvalue weighted by Gasteiger charge is -2.25. The highest BCUT2D eigenvalue weighted by Crippen LogP contribution is 2.32. The quantitative estimate of drug-likeness (QED) is 0.741. The van der Waals surface area contributed by atoms with Crippen LogP contribution >= 0.6 is 23.2 Å². The van der Waals surface area contributed by atoms with Gasteiger partial charge in [0.25, 0.3) is 0 Å². The number of carbonyl (C=O) groups is 1. The molecule has 0 radical (unpaired) electrons. The van der Waals surface area contributed by atoms with Crippen LogP contribution in [0.2, 0.25) is 0 Å². The van der Waals surface area contributed by atoms with Crippen LogP contribution in [0, 0.1) is 0 Å². The molecule has 1 unspecified atom stereocenters. The summed E-state index contributed by atoms with van der Waals surface area (Å²) in [6, 6.07) is 0. The second-order valence-electron chi connectivity index (χ2n) is 2.54. The Labute approximate surface area is 85.6 Å². The van der Waals surface area contributed by atoms with Gasteiger partial charge in [0.05, 0.1) is 0 Å². The topological polar surface area (TPSA) is 46.5 Å². The summed E-state index contributed by atoms with van der Waals surface area (Å²) in [6.45, 7) is -0.413. The van der Waals surface area contributed by atoms with Crippen LogP contribution in [0.5, 0.6) is 0 Å². The van der Waals surface area contributed by atoms with Crippen LogP contribution in [-0.4, -0.2) is 28.1 Å². The summed E-state index contributed by atoms with van der Waals surface area (Å²) in [7, 11) is 0. The lowest BCUT2D eigenvalue weighted by molar-refractivity contribution is -0.143. The number of aliphatic carboxylic acids is 1.